The van der Waals surface area contributed by atoms with Crippen LogP contribution in [0.3, 0.4) is 0 Å². The topological polar surface area (TPSA) is 128 Å². The fourth-order valence-electron chi connectivity index (χ4n) is 3.85. The molecule has 0 aliphatic rings. The second-order valence-electron chi connectivity index (χ2n) is 9.83. The number of hydrogen-bond donors (Lipinski definition) is 4. The molecule has 0 spiro atoms. The summed E-state index contributed by atoms with van der Waals surface area (Å²) in [5.74, 6) is -1.48. The van der Waals surface area contributed by atoms with E-state index in [1.165, 1.54) is 6.08 Å². The van der Waals surface area contributed by atoms with Gasteiger partial charge in [-0.2, -0.15) is 0 Å². The summed E-state index contributed by atoms with van der Waals surface area (Å²) in [5, 5.41) is 26.1. The average Bonchev–Trinajstić information content (AvgIpc) is 2.80. The number of para-hydroxylation sites is 2. The Hall–Kier alpha value is -3.85. The molecule has 0 aliphatic heterocycles. The van der Waals surface area contributed by atoms with E-state index in [1.54, 1.807) is 45.9 Å². The number of rotatable bonds is 9. The van der Waals surface area contributed by atoms with E-state index in [2.05, 4.69) is 17.2 Å². The van der Waals surface area contributed by atoms with Crippen LogP contribution in [0.4, 0.5) is 10.5 Å². The number of benzene rings is 2. The third-order valence-electron chi connectivity index (χ3n) is 5.63. The van der Waals surface area contributed by atoms with Gasteiger partial charge in [0.15, 0.2) is 0 Å². The predicted octanol–water partition coefficient (Wildman–Crippen LogP) is 3.90. The lowest BCUT2D eigenvalue weighted by Crippen LogP contribution is -2.54. The number of aromatic hydroxyl groups is 1. The molecule has 2 unspecified atom stereocenters. The van der Waals surface area contributed by atoms with Crippen LogP contribution >= 0.6 is 0 Å². The van der Waals surface area contributed by atoms with Crippen LogP contribution in [0, 0.1) is 20.8 Å². The number of nitrogens with zero attached hydrogens (tertiary/aromatic N) is 1. The molecule has 200 valence electrons. The smallest absolute Gasteiger partial charge is 0.408 e. The van der Waals surface area contributed by atoms with Gasteiger partial charge in [0.25, 0.3) is 5.91 Å². The minimum Gasteiger partial charge on any atom is -0.507 e. The number of aliphatic hydroxyl groups excluding tert-OH is 1. The predicted molar refractivity (Wildman–Crippen MR) is 142 cm³/mol. The molecular weight excluding hydrogens is 474 g/mol. The van der Waals surface area contributed by atoms with Gasteiger partial charge in [0.05, 0.1) is 6.61 Å². The fourth-order valence-corrected chi connectivity index (χ4v) is 3.85. The summed E-state index contributed by atoms with van der Waals surface area (Å²) in [6.07, 6.45) is 0.528. The third kappa shape index (κ3) is 7.57. The van der Waals surface area contributed by atoms with Gasteiger partial charge in [-0.05, 0) is 58.2 Å². The Balaban J connectivity index is 2.55. The molecule has 0 radical (unpaired) electrons. The first-order chi connectivity index (χ1) is 17.3. The number of ether oxygens (including phenoxy) is 1. The van der Waals surface area contributed by atoms with Crippen molar-refractivity contribution in [2.75, 3.05) is 18.5 Å². The molecule has 9 nitrogen and oxygen atoms in total. The molecule has 4 N–H and O–H groups in total. The number of aryl methyl sites for hydroxylation is 3. The van der Waals surface area contributed by atoms with E-state index >= 15 is 0 Å². The molecule has 0 saturated heterocycles. The molecule has 2 rings (SSSR count). The van der Waals surface area contributed by atoms with Gasteiger partial charge >= 0.3 is 6.09 Å². The molecule has 9 heteroatoms. The summed E-state index contributed by atoms with van der Waals surface area (Å²) in [4.78, 5) is 41.0. The second-order valence-corrected chi connectivity index (χ2v) is 9.83. The zero-order valence-corrected chi connectivity index (χ0v) is 22.3. The standard InChI is InChI=1S/C28H37N3O6/c1-8-15-31(26(35)21(16-32)29-27(36)37-28(5,6)7)23(20-14-10-13-19(4)24(20)33)25(34)30-22-17(2)11-9-12-18(22)3/h8-14,21,23,32-33H,1,15-16H2,2-7H3,(H,29,36)(H,30,34). The maximum Gasteiger partial charge on any atom is 0.408 e. The SMILES string of the molecule is C=CCN(C(=O)C(CO)NC(=O)OC(C)(C)C)C(C(=O)Nc1c(C)cccc1C)c1cccc(C)c1O. The summed E-state index contributed by atoms with van der Waals surface area (Å²) < 4.78 is 5.22. The number of phenols is 1. The Kier molecular flexibility index (Phi) is 9.85. The maximum atomic E-state index is 13.8. The minimum atomic E-state index is -1.41. The van der Waals surface area contributed by atoms with Crippen molar-refractivity contribution in [3.05, 3.63) is 71.3 Å². The average molecular weight is 512 g/mol. The highest BCUT2D eigenvalue weighted by Crippen LogP contribution is 2.33. The molecule has 3 amide bonds. The monoisotopic (exact) mass is 511 g/mol. The lowest BCUT2D eigenvalue weighted by molar-refractivity contribution is -0.141. The number of hydrogen-bond acceptors (Lipinski definition) is 6. The first-order valence-electron chi connectivity index (χ1n) is 12.0. The summed E-state index contributed by atoms with van der Waals surface area (Å²) in [5.41, 5.74) is 2.10. The third-order valence-corrected chi connectivity index (χ3v) is 5.63. The van der Waals surface area contributed by atoms with Crippen molar-refractivity contribution >= 4 is 23.6 Å². The molecular formula is C28H37N3O6. The highest BCUT2D eigenvalue weighted by molar-refractivity contribution is 6.00. The first-order valence-corrected chi connectivity index (χ1v) is 12.0. The number of alkyl carbamates (subject to hydrolysis) is 1. The quantitative estimate of drug-likeness (QED) is 0.378. The van der Waals surface area contributed by atoms with Gasteiger partial charge in [-0.1, -0.05) is 42.5 Å². The van der Waals surface area contributed by atoms with Crippen molar-refractivity contribution < 1.29 is 29.3 Å². The summed E-state index contributed by atoms with van der Waals surface area (Å²) in [6.45, 7) is 13.2. The van der Waals surface area contributed by atoms with Crippen molar-refractivity contribution in [2.24, 2.45) is 0 Å². The van der Waals surface area contributed by atoms with Gasteiger partial charge in [-0.25, -0.2) is 4.79 Å². The van der Waals surface area contributed by atoms with Crippen molar-refractivity contribution in [3.63, 3.8) is 0 Å². The molecule has 0 heterocycles. The van der Waals surface area contributed by atoms with Crippen molar-refractivity contribution in [1.29, 1.82) is 0 Å². The number of amides is 3. The molecule has 2 atom stereocenters. The molecule has 0 fully saturated rings. The molecule has 2 aromatic carbocycles. The van der Waals surface area contributed by atoms with Crippen LogP contribution in [-0.2, 0) is 14.3 Å². The van der Waals surface area contributed by atoms with Gasteiger partial charge < -0.3 is 30.5 Å². The summed E-state index contributed by atoms with van der Waals surface area (Å²) >= 11 is 0. The van der Waals surface area contributed by atoms with Crippen molar-refractivity contribution in [2.45, 2.75) is 59.2 Å². The maximum absolute atomic E-state index is 13.8. The lowest BCUT2D eigenvalue weighted by Gasteiger charge is -2.34. The van der Waals surface area contributed by atoms with E-state index in [4.69, 9.17) is 4.74 Å². The van der Waals surface area contributed by atoms with Crippen LogP contribution in [0.15, 0.2) is 49.1 Å². The zero-order chi connectivity index (χ0) is 27.9. The molecule has 0 saturated carbocycles. The van der Waals surface area contributed by atoms with Crippen molar-refractivity contribution in [1.82, 2.24) is 10.2 Å². The number of anilines is 1. The Morgan fingerprint density at radius 3 is 2.16 bits per heavy atom. The normalized spacial score (nSPS) is 12.7. The molecule has 0 aliphatic carbocycles. The van der Waals surface area contributed by atoms with E-state index in [0.717, 1.165) is 16.0 Å². The lowest BCUT2D eigenvalue weighted by atomic mass is 9.98. The molecule has 0 aromatic heterocycles. The minimum absolute atomic E-state index is 0.108. The van der Waals surface area contributed by atoms with Crippen molar-refractivity contribution in [3.8, 4) is 5.75 Å². The van der Waals surface area contributed by atoms with E-state index in [1.807, 2.05) is 32.0 Å². The Bertz CT molecular complexity index is 1130. The van der Waals surface area contributed by atoms with Crippen LogP contribution in [0.1, 0.15) is 49.1 Å². The Morgan fingerprint density at radius 2 is 1.62 bits per heavy atom. The van der Waals surface area contributed by atoms with Crippen LogP contribution in [0.25, 0.3) is 0 Å². The van der Waals surface area contributed by atoms with E-state index in [9.17, 15) is 24.6 Å². The van der Waals surface area contributed by atoms with Gasteiger partial charge in [-0.3, -0.25) is 9.59 Å². The number of carbonyl (C=O) groups excluding carboxylic acids is 3. The zero-order valence-electron chi connectivity index (χ0n) is 22.3. The Morgan fingerprint density at radius 1 is 1.05 bits per heavy atom. The van der Waals surface area contributed by atoms with Gasteiger partial charge in [-0.15, -0.1) is 6.58 Å². The largest absolute Gasteiger partial charge is 0.507 e. The van der Waals surface area contributed by atoms with Gasteiger partial charge in [0, 0.05) is 17.8 Å². The summed E-state index contributed by atoms with van der Waals surface area (Å²) in [7, 11) is 0. The van der Waals surface area contributed by atoms with E-state index in [-0.39, 0.29) is 17.9 Å². The Labute approximate surface area is 218 Å². The van der Waals surface area contributed by atoms with E-state index < -0.39 is 42.2 Å². The van der Waals surface area contributed by atoms with E-state index in [0.29, 0.717) is 11.3 Å². The highest BCUT2D eigenvalue weighted by atomic mass is 16.6. The highest BCUT2D eigenvalue weighted by Gasteiger charge is 2.37. The number of carbonyl (C=O) groups is 3. The van der Waals surface area contributed by atoms with Gasteiger partial charge in [0.1, 0.15) is 23.4 Å². The number of nitrogens with one attached hydrogen (secondary N) is 2. The molecule has 37 heavy (non-hydrogen) atoms. The molecule has 2 aromatic rings. The second kappa shape index (κ2) is 12.4. The van der Waals surface area contributed by atoms with Crippen LogP contribution in [0.2, 0.25) is 0 Å². The number of phenolic OH excluding ortho intramolecular Hbond substituents is 1. The summed E-state index contributed by atoms with van der Waals surface area (Å²) in [6, 6.07) is 7.75. The van der Waals surface area contributed by atoms with Gasteiger partial charge in [0.2, 0.25) is 5.91 Å². The molecule has 0 bridgehead atoms. The number of aliphatic hydroxyl groups is 1. The van der Waals surface area contributed by atoms with Crippen LogP contribution in [-0.4, -0.2) is 57.8 Å². The first kappa shape index (κ1) is 29.4. The van der Waals surface area contributed by atoms with Crippen LogP contribution in [0.5, 0.6) is 5.75 Å². The fraction of sp³-hybridized carbons (Fsp3) is 0.393. The van der Waals surface area contributed by atoms with Crippen LogP contribution < -0.4 is 10.6 Å².